The van der Waals surface area contributed by atoms with Gasteiger partial charge in [0.15, 0.2) is 0 Å². The van der Waals surface area contributed by atoms with Gasteiger partial charge >= 0.3 is 0 Å². The Morgan fingerprint density at radius 1 is 1.04 bits per heavy atom. The van der Waals surface area contributed by atoms with Crippen LogP contribution in [0.1, 0.15) is 37.8 Å². The molecule has 2 aromatic rings. The van der Waals surface area contributed by atoms with Crippen LogP contribution >= 0.6 is 11.9 Å². The van der Waals surface area contributed by atoms with Crippen LogP contribution in [0.15, 0.2) is 77.7 Å². The smallest absolute Gasteiger partial charge is 0.0506 e. The number of nitrogens with one attached hydrogen (secondary N) is 1. The summed E-state index contributed by atoms with van der Waals surface area (Å²) in [6.07, 6.45) is 8.87. The molecule has 1 atom stereocenters. The van der Waals surface area contributed by atoms with E-state index in [4.69, 9.17) is 0 Å². The number of allylic oxidation sites excluding steroid dienone is 1. The number of rotatable bonds is 4. The maximum Gasteiger partial charge on any atom is 0.0506 e. The van der Waals surface area contributed by atoms with Crippen molar-refractivity contribution in [2.24, 2.45) is 0 Å². The minimum Gasteiger partial charge on any atom is -0.250 e. The first-order chi connectivity index (χ1) is 11.3. The first kappa shape index (κ1) is 16.1. The van der Waals surface area contributed by atoms with Gasteiger partial charge in [0.1, 0.15) is 0 Å². The minimum absolute atomic E-state index is 0.0264. The maximum atomic E-state index is 3.72. The third-order valence-corrected chi connectivity index (χ3v) is 5.48. The van der Waals surface area contributed by atoms with Crippen LogP contribution in [0.5, 0.6) is 0 Å². The van der Waals surface area contributed by atoms with Gasteiger partial charge in [0.2, 0.25) is 0 Å². The van der Waals surface area contributed by atoms with Crippen molar-refractivity contribution in [1.82, 2.24) is 4.72 Å². The second-order valence-corrected chi connectivity index (χ2v) is 6.76. The van der Waals surface area contributed by atoms with E-state index in [1.165, 1.54) is 21.6 Å². The Morgan fingerprint density at radius 2 is 1.78 bits per heavy atom. The molecule has 1 heterocycles. The van der Waals surface area contributed by atoms with Crippen LogP contribution in [-0.4, -0.2) is 5.54 Å². The van der Waals surface area contributed by atoms with E-state index in [1.54, 1.807) is 11.9 Å². The summed E-state index contributed by atoms with van der Waals surface area (Å²) in [5.41, 5.74) is 3.89. The van der Waals surface area contributed by atoms with E-state index in [1.807, 2.05) is 0 Å². The quantitative estimate of drug-likeness (QED) is 0.560. The summed E-state index contributed by atoms with van der Waals surface area (Å²) >= 11 is 1.75. The Morgan fingerprint density at radius 3 is 2.52 bits per heavy atom. The molecule has 1 aliphatic rings. The van der Waals surface area contributed by atoms with Gasteiger partial charge in [-0.2, -0.15) is 0 Å². The van der Waals surface area contributed by atoms with Gasteiger partial charge in [-0.25, -0.2) is 4.72 Å². The number of benzene rings is 2. The summed E-state index contributed by atoms with van der Waals surface area (Å²) in [6, 6.07) is 19.4. The maximum absolute atomic E-state index is 3.72. The molecule has 1 nitrogen and oxygen atoms in total. The summed E-state index contributed by atoms with van der Waals surface area (Å²) in [4.78, 5) is 1.29. The summed E-state index contributed by atoms with van der Waals surface area (Å²) in [6.45, 7) is 4.34. The van der Waals surface area contributed by atoms with Gasteiger partial charge in [-0.3, -0.25) is 0 Å². The highest BCUT2D eigenvalue weighted by molar-refractivity contribution is 7.97. The van der Waals surface area contributed by atoms with Gasteiger partial charge in [0.25, 0.3) is 0 Å². The predicted octanol–water partition coefficient (Wildman–Crippen LogP) is 5.84. The van der Waals surface area contributed by atoms with Crippen molar-refractivity contribution in [3.05, 3.63) is 84.0 Å². The average molecular weight is 321 g/mol. The van der Waals surface area contributed by atoms with E-state index in [0.717, 1.165) is 12.8 Å². The topological polar surface area (TPSA) is 12.0 Å². The van der Waals surface area contributed by atoms with Crippen molar-refractivity contribution in [3.63, 3.8) is 0 Å². The average Bonchev–Trinajstić information content (AvgIpc) is 2.79. The van der Waals surface area contributed by atoms with E-state index in [2.05, 4.69) is 91.4 Å². The molecule has 1 aliphatic heterocycles. The summed E-state index contributed by atoms with van der Waals surface area (Å²) in [5, 5.41) is 0. The van der Waals surface area contributed by atoms with Crippen molar-refractivity contribution >= 4 is 17.5 Å². The fraction of sp³-hybridized carbons (Fsp3) is 0.238. The second kappa shape index (κ2) is 7.20. The zero-order valence-corrected chi connectivity index (χ0v) is 14.6. The SMILES string of the molecule is C/C=C/CC1(CC)C=C(c2ccccc2)c2ccccc2SN1. The van der Waals surface area contributed by atoms with Crippen LogP contribution in [-0.2, 0) is 0 Å². The Labute approximate surface area is 143 Å². The van der Waals surface area contributed by atoms with E-state index < -0.39 is 0 Å². The van der Waals surface area contributed by atoms with Crippen molar-refractivity contribution < 1.29 is 0 Å². The van der Waals surface area contributed by atoms with Gasteiger partial charge in [-0.1, -0.05) is 73.7 Å². The first-order valence-electron chi connectivity index (χ1n) is 8.21. The third kappa shape index (κ3) is 3.44. The summed E-state index contributed by atoms with van der Waals surface area (Å²) in [7, 11) is 0. The molecule has 0 radical (unpaired) electrons. The zero-order chi connectivity index (χ0) is 16.1. The highest BCUT2D eigenvalue weighted by Gasteiger charge is 2.29. The molecule has 3 rings (SSSR count). The monoisotopic (exact) mass is 321 g/mol. The fourth-order valence-corrected chi connectivity index (χ4v) is 3.96. The highest BCUT2D eigenvalue weighted by atomic mass is 32.2. The molecule has 0 aliphatic carbocycles. The van der Waals surface area contributed by atoms with Crippen molar-refractivity contribution in [2.75, 3.05) is 0 Å². The number of fused-ring (bicyclic) bond motifs is 1. The summed E-state index contributed by atoms with van der Waals surface area (Å²) < 4.78 is 3.72. The van der Waals surface area contributed by atoms with Gasteiger partial charge in [0.05, 0.1) is 5.54 Å². The van der Waals surface area contributed by atoms with Gasteiger partial charge in [0, 0.05) is 4.90 Å². The second-order valence-electron chi connectivity index (χ2n) is 5.91. The van der Waals surface area contributed by atoms with Crippen LogP contribution < -0.4 is 4.72 Å². The van der Waals surface area contributed by atoms with Gasteiger partial charge in [-0.15, -0.1) is 0 Å². The molecule has 0 saturated carbocycles. The molecule has 0 amide bonds. The highest BCUT2D eigenvalue weighted by Crippen LogP contribution is 2.39. The fourth-order valence-electron chi connectivity index (χ4n) is 2.92. The lowest BCUT2D eigenvalue weighted by atomic mass is 9.86. The molecule has 118 valence electrons. The Hall–Kier alpha value is -1.77. The molecular formula is C21H23NS. The van der Waals surface area contributed by atoms with Crippen LogP contribution in [0, 0.1) is 0 Å². The van der Waals surface area contributed by atoms with E-state index in [0.29, 0.717) is 0 Å². The van der Waals surface area contributed by atoms with Crippen LogP contribution in [0.3, 0.4) is 0 Å². The zero-order valence-electron chi connectivity index (χ0n) is 13.8. The lowest BCUT2D eigenvalue weighted by molar-refractivity contribution is 0.482. The van der Waals surface area contributed by atoms with Crippen LogP contribution in [0.25, 0.3) is 5.57 Å². The van der Waals surface area contributed by atoms with Crippen molar-refractivity contribution in [1.29, 1.82) is 0 Å². The molecule has 2 heteroatoms. The van der Waals surface area contributed by atoms with E-state index in [-0.39, 0.29) is 5.54 Å². The first-order valence-corrected chi connectivity index (χ1v) is 9.02. The van der Waals surface area contributed by atoms with Gasteiger partial charge in [-0.05, 0) is 54.5 Å². The number of hydrogen-bond donors (Lipinski definition) is 1. The molecular weight excluding hydrogens is 298 g/mol. The Balaban J connectivity index is 2.16. The molecule has 0 fully saturated rings. The Kier molecular flexibility index (Phi) is 5.04. The van der Waals surface area contributed by atoms with Crippen molar-refractivity contribution in [2.45, 2.75) is 37.1 Å². The molecule has 0 saturated heterocycles. The molecule has 23 heavy (non-hydrogen) atoms. The summed E-state index contributed by atoms with van der Waals surface area (Å²) in [5.74, 6) is 0. The number of hydrogen-bond acceptors (Lipinski definition) is 2. The van der Waals surface area contributed by atoms with Gasteiger partial charge < -0.3 is 0 Å². The van der Waals surface area contributed by atoms with Crippen LogP contribution in [0.4, 0.5) is 0 Å². The Bertz CT molecular complexity index is 718. The third-order valence-electron chi connectivity index (χ3n) is 4.40. The van der Waals surface area contributed by atoms with E-state index >= 15 is 0 Å². The molecule has 1 N–H and O–H groups in total. The molecule has 0 aromatic heterocycles. The molecule has 0 bridgehead atoms. The van der Waals surface area contributed by atoms with Crippen LogP contribution in [0.2, 0.25) is 0 Å². The molecule has 0 spiro atoms. The predicted molar refractivity (Wildman–Crippen MR) is 101 cm³/mol. The standard InChI is InChI=1S/C21H23NS/c1-3-5-15-21(4-2)16-19(17-11-7-6-8-12-17)18-13-9-10-14-20(18)23-22-21/h3,5-14,16,22H,4,15H2,1-2H3/b5-3+. The lowest BCUT2D eigenvalue weighted by Crippen LogP contribution is -2.37. The van der Waals surface area contributed by atoms with E-state index in [9.17, 15) is 0 Å². The molecule has 2 aromatic carbocycles. The minimum atomic E-state index is -0.0264. The lowest BCUT2D eigenvalue weighted by Gasteiger charge is -2.28. The largest absolute Gasteiger partial charge is 0.250 e. The molecule has 1 unspecified atom stereocenters. The van der Waals surface area contributed by atoms with Crippen molar-refractivity contribution in [3.8, 4) is 0 Å². The normalized spacial score (nSPS) is 20.9.